The van der Waals surface area contributed by atoms with Gasteiger partial charge in [0.25, 0.3) is 5.91 Å². The second-order valence-electron chi connectivity index (χ2n) is 6.03. The molecule has 1 amide bonds. The van der Waals surface area contributed by atoms with Gasteiger partial charge in [-0.1, -0.05) is 30.0 Å². The molecule has 0 fully saturated rings. The molecule has 0 saturated carbocycles. The first-order valence-corrected chi connectivity index (χ1v) is 11.5. The van der Waals surface area contributed by atoms with Crippen molar-refractivity contribution in [3.63, 3.8) is 0 Å². The number of nitrogens with one attached hydrogen (secondary N) is 2. The van der Waals surface area contributed by atoms with Crippen LogP contribution in [0.4, 0.5) is 5.69 Å². The van der Waals surface area contributed by atoms with E-state index in [-0.39, 0.29) is 12.1 Å². The Morgan fingerprint density at radius 2 is 2.00 bits per heavy atom. The first kappa shape index (κ1) is 19.1. The maximum atomic E-state index is 12.9. The molecule has 9 heteroatoms. The molecule has 0 saturated heterocycles. The van der Waals surface area contributed by atoms with Crippen molar-refractivity contribution in [3.8, 4) is 5.75 Å². The van der Waals surface area contributed by atoms with Gasteiger partial charge in [-0.25, -0.2) is 0 Å². The molecule has 2 aliphatic rings. The summed E-state index contributed by atoms with van der Waals surface area (Å²) in [6, 6.07) is 11.5. The number of hydrogen-bond donors (Lipinski definition) is 2. The van der Waals surface area contributed by atoms with Gasteiger partial charge in [-0.15, -0.1) is 5.10 Å². The lowest BCUT2D eigenvalue weighted by Gasteiger charge is -2.44. The number of ether oxygens (including phenoxy) is 1. The molecular formula is C18H16I2N4O2S. The van der Waals surface area contributed by atoms with Gasteiger partial charge in [-0.05, 0) is 69.6 Å². The molecule has 4 rings (SSSR count). The third-order valence-electron chi connectivity index (χ3n) is 4.49. The number of anilines is 1. The van der Waals surface area contributed by atoms with E-state index in [9.17, 15) is 4.79 Å². The van der Waals surface area contributed by atoms with Crippen molar-refractivity contribution in [3.05, 3.63) is 54.7 Å². The van der Waals surface area contributed by atoms with Crippen LogP contribution >= 0.6 is 56.9 Å². The number of halogens is 2. The molecule has 2 N–H and O–H groups in total. The fraction of sp³-hybridized carbons (Fsp3) is 0.222. The molecule has 0 bridgehead atoms. The maximum absolute atomic E-state index is 12.9. The van der Waals surface area contributed by atoms with Gasteiger partial charge >= 0.3 is 0 Å². The Balaban J connectivity index is 1.92. The summed E-state index contributed by atoms with van der Waals surface area (Å²) >= 11 is 5.99. The van der Waals surface area contributed by atoms with Gasteiger partial charge in [-0.2, -0.15) is 0 Å². The molecule has 0 radical (unpaired) electrons. The molecular weight excluding hydrogens is 590 g/mol. The van der Waals surface area contributed by atoms with E-state index in [1.54, 1.807) is 7.11 Å². The van der Waals surface area contributed by atoms with Crippen LogP contribution in [0.1, 0.15) is 23.3 Å². The average Bonchev–Trinajstić information content (AvgIpc) is 2.66. The summed E-state index contributed by atoms with van der Waals surface area (Å²) in [6.45, 7) is 0. The highest BCUT2D eigenvalue weighted by Crippen LogP contribution is 2.45. The zero-order chi connectivity index (χ0) is 19.1. The number of methoxy groups -OCH3 is 1. The largest absolute Gasteiger partial charge is 0.495 e. The number of fused-ring (bicyclic) bond motifs is 3. The number of para-hydroxylation sites is 1. The van der Waals surface area contributed by atoms with Crippen molar-refractivity contribution >= 4 is 73.7 Å². The van der Waals surface area contributed by atoms with E-state index in [4.69, 9.17) is 9.84 Å². The van der Waals surface area contributed by atoms with E-state index in [1.807, 2.05) is 35.5 Å². The topological polar surface area (TPSA) is 66.0 Å². The fourth-order valence-corrected chi connectivity index (χ4v) is 5.85. The number of amides is 1. The van der Waals surface area contributed by atoms with E-state index in [0.717, 1.165) is 29.7 Å². The van der Waals surface area contributed by atoms with Gasteiger partial charge in [0.2, 0.25) is 0 Å². The summed E-state index contributed by atoms with van der Waals surface area (Å²) in [7, 11) is 1.67. The van der Waals surface area contributed by atoms with Crippen LogP contribution in [-0.2, 0) is 4.79 Å². The third kappa shape index (κ3) is 3.37. The Kier molecular flexibility index (Phi) is 5.43. The lowest BCUT2D eigenvalue weighted by atomic mass is 9.97. The first-order valence-electron chi connectivity index (χ1n) is 8.13. The number of nitrogens with zero attached hydrogens (tertiary/aromatic N) is 2. The van der Waals surface area contributed by atoms with E-state index < -0.39 is 6.04 Å². The molecule has 2 aliphatic heterocycles. The Labute approximate surface area is 188 Å². The Hall–Kier alpha value is -1.21. The highest BCUT2D eigenvalue weighted by Gasteiger charge is 2.42. The van der Waals surface area contributed by atoms with Gasteiger partial charge in [0.1, 0.15) is 11.9 Å². The summed E-state index contributed by atoms with van der Waals surface area (Å²) in [6.07, 6.45) is 1.57. The number of hydrazone groups is 1. The molecule has 140 valence electrons. The minimum atomic E-state index is -0.497. The van der Waals surface area contributed by atoms with Crippen molar-refractivity contribution in [2.24, 2.45) is 5.10 Å². The Bertz CT molecular complexity index is 953. The Morgan fingerprint density at radius 3 is 2.74 bits per heavy atom. The quantitative estimate of drug-likeness (QED) is 0.504. The van der Waals surface area contributed by atoms with Crippen LogP contribution in [0.5, 0.6) is 5.75 Å². The number of amidine groups is 1. The molecule has 0 unspecified atom stereocenters. The molecule has 0 aliphatic carbocycles. The van der Waals surface area contributed by atoms with Crippen LogP contribution in [-0.4, -0.2) is 29.4 Å². The molecule has 6 nitrogen and oxygen atoms in total. The van der Waals surface area contributed by atoms with E-state index in [2.05, 4.69) is 67.9 Å². The monoisotopic (exact) mass is 606 g/mol. The molecule has 27 heavy (non-hydrogen) atoms. The van der Waals surface area contributed by atoms with Crippen molar-refractivity contribution in [1.29, 1.82) is 0 Å². The number of carbonyl (C=O) groups is 1. The molecule has 2 heterocycles. The minimum Gasteiger partial charge on any atom is -0.495 e. The summed E-state index contributed by atoms with van der Waals surface area (Å²) < 4.78 is 7.82. The summed E-state index contributed by atoms with van der Waals surface area (Å²) in [4.78, 5) is 12.9. The number of benzene rings is 2. The molecule has 0 spiro atoms. The van der Waals surface area contributed by atoms with Crippen LogP contribution < -0.4 is 15.4 Å². The molecule has 2 aromatic rings. The number of carbonyl (C=O) groups excluding carboxylic acids is 1. The van der Waals surface area contributed by atoms with E-state index >= 15 is 0 Å². The number of rotatable bonds is 2. The SMILES string of the molecule is COc1c(I)cc(I)cc1[C@H]1Nc2ccccc2[C@@H]2C(=O)NC(SC)=NN12. The lowest BCUT2D eigenvalue weighted by Crippen LogP contribution is -2.50. The minimum absolute atomic E-state index is 0.0763. The van der Waals surface area contributed by atoms with Crippen molar-refractivity contribution in [2.45, 2.75) is 12.2 Å². The zero-order valence-corrected chi connectivity index (χ0v) is 19.6. The highest BCUT2D eigenvalue weighted by atomic mass is 127. The van der Waals surface area contributed by atoms with E-state index in [0.29, 0.717) is 5.17 Å². The van der Waals surface area contributed by atoms with E-state index in [1.165, 1.54) is 11.8 Å². The van der Waals surface area contributed by atoms with Gasteiger partial charge in [-0.3, -0.25) is 9.80 Å². The third-order valence-corrected chi connectivity index (χ3v) is 6.49. The number of hydrogen-bond acceptors (Lipinski definition) is 6. The highest BCUT2D eigenvalue weighted by molar-refractivity contribution is 14.1. The summed E-state index contributed by atoms with van der Waals surface area (Å²) in [5.41, 5.74) is 2.79. The molecule has 2 aromatic carbocycles. The molecule has 0 aromatic heterocycles. The van der Waals surface area contributed by atoms with Crippen molar-refractivity contribution < 1.29 is 9.53 Å². The van der Waals surface area contributed by atoms with Crippen molar-refractivity contribution in [2.75, 3.05) is 18.7 Å². The second-order valence-corrected chi connectivity index (χ2v) is 9.23. The zero-order valence-electron chi connectivity index (χ0n) is 14.5. The fourth-order valence-electron chi connectivity index (χ4n) is 3.36. The maximum Gasteiger partial charge on any atom is 0.255 e. The van der Waals surface area contributed by atoms with Gasteiger partial charge in [0, 0.05) is 20.4 Å². The van der Waals surface area contributed by atoms with Gasteiger partial charge in [0.15, 0.2) is 11.2 Å². The summed E-state index contributed by atoms with van der Waals surface area (Å²) in [5, 5.41) is 13.6. The smallest absolute Gasteiger partial charge is 0.255 e. The van der Waals surface area contributed by atoms with Crippen LogP contribution in [0.2, 0.25) is 0 Å². The predicted octanol–water partition coefficient (Wildman–Crippen LogP) is 4.14. The van der Waals surface area contributed by atoms with Crippen molar-refractivity contribution in [1.82, 2.24) is 10.3 Å². The molecule has 2 atom stereocenters. The predicted molar refractivity (Wildman–Crippen MR) is 125 cm³/mol. The first-order chi connectivity index (χ1) is 13.0. The number of thioether (sulfide) groups is 1. The second kappa shape index (κ2) is 7.66. The standard InChI is InChI=1S/C18H16I2N4O2S/c1-26-15-11(7-9(19)8-12(15)20)16-21-13-6-4-3-5-10(13)14-17(25)22-18(27-2)23-24(14)16/h3-8,14,16,21H,1-2H3,(H,22,23,25)/t14-,16+/m1/s1. The lowest BCUT2D eigenvalue weighted by molar-refractivity contribution is -0.127. The van der Waals surface area contributed by atoms with Gasteiger partial charge < -0.3 is 15.4 Å². The van der Waals surface area contributed by atoms with Crippen LogP contribution in [0.15, 0.2) is 41.5 Å². The average molecular weight is 606 g/mol. The normalized spacial score (nSPS) is 20.8. The van der Waals surface area contributed by atoms with Crippen LogP contribution in [0.25, 0.3) is 0 Å². The van der Waals surface area contributed by atoms with Crippen LogP contribution in [0, 0.1) is 7.14 Å². The van der Waals surface area contributed by atoms with Crippen LogP contribution in [0.3, 0.4) is 0 Å². The summed E-state index contributed by atoms with van der Waals surface area (Å²) in [5.74, 6) is 0.714. The Morgan fingerprint density at radius 1 is 1.22 bits per heavy atom. The van der Waals surface area contributed by atoms with Gasteiger partial charge in [0.05, 0.1) is 10.7 Å².